The van der Waals surface area contributed by atoms with Crippen LogP contribution in [-0.4, -0.2) is 20.0 Å². The molecule has 0 fully saturated rings. The number of sulfonamides is 1. The van der Waals surface area contributed by atoms with E-state index in [1.165, 1.54) is 24.5 Å². The van der Waals surface area contributed by atoms with Crippen LogP contribution in [0.5, 0.6) is 0 Å². The molecule has 3 rings (SSSR count). The molecule has 0 amide bonds. The third-order valence-electron chi connectivity index (χ3n) is 3.70. The van der Waals surface area contributed by atoms with Gasteiger partial charge in [-0.15, -0.1) is 11.3 Å². The first-order valence-electron chi connectivity index (χ1n) is 7.40. The van der Waals surface area contributed by atoms with Crippen molar-refractivity contribution in [3.63, 3.8) is 0 Å². The molecule has 25 heavy (non-hydrogen) atoms. The first-order valence-corrected chi connectivity index (χ1v) is 10.1. The van der Waals surface area contributed by atoms with Crippen molar-refractivity contribution in [2.75, 3.05) is 7.05 Å². The van der Waals surface area contributed by atoms with Crippen molar-refractivity contribution in [2.24, 2.45) is 12.0 Å². The summed E-state index contributed by atoms with van der Waals surface area (Å²) in [6.07, 6.45) is 0. The zero-order valence-corrected chi connectivity index (χ0v) is 16.0. The van der Waals surface area contributed by atoms with Crippen LogP contribution in [0, 0.1) is 0 Å². The van der Waals surface area contributed by atoms with Gasteiger partial charge in [-0.25, -0.2) is 18.1 Å². The molecule has 1 aromatic heterocycles. The Kier molecular flexibility index (Phi) is 5.10. The number of thiazole rings is 1. The van der Waals surface area contributed by atoms with Crippen molar-refractivity contribution in [2.45, 2.75) is 4.90 Å². The minimum absolute atomic E-state index is 0.169. The number of benzene rings is 2. The van der Waals surface area contributed by atoms with Crippen LogP contribution in [0.15, 0.2) is 63.8 Å². The SMILES string of the molecule is CNS(=O)(=O)c1ccc(Cl)c(-c2csc(=Nc3ccccc3)n2C)c1. The monoisotopic (exact) mass is 393 g/mol. The van der Waals surface area contributed by atoms with Gasteiger partial charge in [0.1, 0.15) is 0 Å². The topological polar surface area (TPSA) is 63.5 Å². The maximum absolute atomic E-state index is 12.1. The van der Waals surface area contributed by atoms with Crippen LogP contribution in [0.3, 0.4) is 0 Å². The highest BCUT2D eigenvalue weighted by Gasteiger charge is 2.16. The number of halogens is 1. The number of aromatic nitrogens is 1. The summed E-state index contributed by atoms with van der Waals surface area (Å²) in [5.74, 6) is 0. The highest BCUT2D eigenvalue weighted by Crippen LogP contribution is 2.30. The molecule has 0 bridgehead atoms. The quantitative estimate of drug-likeness (QED) is 0.736. The second-order valence-corrected chi connectivity index (χ2v) is 8.39. The van der Waals surface area contributed by atoms with Crippen LogP contribution in [0.2, 0.25) is 5.02 Å². The van der Waals surface area contributed by atoms with Gasteiger partial charge < -0.3 is 4.57 Å². The van der Waals surface area contributed by atoms with Gasteiger partial charge in [0.2, 0.25) is 10.0 Å². The number of para-hydroxylation sites is 1. The first kappa shape index (κ1) is 17.9. The van der Waals surface area contributed by atoms with Gasteiger partial charge in [-0.1, -0.05) is 29.8 Å². The Hall–Kier alpha value is -1.93. The molecule has 130 valence electrons. The minimum Gasteiger partial charge on any atom is -0.319 e. The van der Waals surface area contributed by atoms with Crippen molar-refractivity contribution in [1.29, 1.82) is 0 Å². The minimum atomic E-state index is -3.54. The zero-order chi connectivity index (χ0) is 18.0. The van der Waals surface area contributed by atoms with Crippen molar-refractivity contribution in [3.05, 3.63) is 63.7 Å². The predicted octanol–water partition coefficient (Wildman–Crippen LogP) is 3.55. The van der Waals surface area contributed by atoms with E-state index in [0.717, 1.165) is 16.2 Å². The maximum atomic E-state index is 12.1. The van der Waals surface area contributed by atoms with Crippen LogP contribution >= 0.6 is 22.9 Å². The van der Waals surface area contributed by atoms with E-state index >= 15 is 0 Å². The van der Waals surface area contributed by atoms with Gasteiger partial charge in [-0.2, -0.15) is 0 Å². The fourth-order valence-electron chi connectivity index (χ4n) is 2.31. The van der Waals surface area contributed by atoms with Gasteiger partial charge in [0.25, 0.3) is 0 Å². The Morgan fingerprint density at radius 3 is 2.56 bits per heavy atom. The lowest BCUT2D eigenvalue weighted by Gasteiger charge is -2.09. The Morgan fingerprint density at radius 1 is 1.16 bits per heavy atom. The number of hydrogen-bond donors (Lipinski definition) is 1. The summed E-state index contributed by atoms with van der Waals surface area (Å²) in [6, 6.07) is 14.3. The van der Waals surface area contributed by atoms with Gasteiger partial charge in [-0.3, -0.25) is 0 Å². The highest BCUT2D eigenvalue weighted by atomic mass is 35.5. The number of nitrogens with one attached hydrogen (secondary N) is 1. The molecule has 0 saturated carbocycles. The summed E-state index contributed by atoms with van der Waals surface area (Å²) in [5, 5.41) is 2.40. The largest absolute Gasteiger partial charge is 0.319 e. The van der Waals surface area contributed by atoms with Gasteiger partial charge in [0.05, 0.1) is 16.3 Å². The Labute approximate surface area is 155 Å². The summed E-state index contributed by atoms with van der Waals surface area (Å²) in [5.41, 5.74) is 2.30. The molecule has 0 saturated heterocycles. The van der Waals surface area contributed by atoms with Crippen molar-refractivity contribution >= 4 is 38.6 Å². The molecule has 5 nitrogen and oxygen atoms in total. The van der Waals surface area contributed by atoms with Gasteiger partial charge in [-0.05, 0) is 37.4 Å². The summed E-state index contributed by atoms with van der Waals surface area (Å²) in [7, 11) is -0.280. The Balaban J connectivity index is 2.13. The molecule has 0 aliphatic heterocycles. The third kappa shape index (κ3) is 3.69. The van der Waals surface area contributed by atoms with Gasteiger partial charge in [0, 0.05) is 23.0 Å². The lowest BCUT2D eigenvalue weighted by molar-refractivity contribution is 0.588. The van der Waals surface area contributed by atoms with Crippen molar-refractivity contribution in [1.82, 2.24) is 9.29 Å². The molecule has 1 N–H and O–H groups in total. The predicted molar refractivity (Wildman–Crippen MR) is 102 cm³/mol. The normalized spacial score (nSPS) is 12.5. The smallest absolute Gasteiger partial charge is 0.240 e. The zero-order valence-electron chi connectivity index (χ0n) is 13.6. The summed E-state index contributed by atoms with van der Waals surface area (Å²) < 4.78 is 28.3. The lowest BCUT2D eigenvalue weighted by Crippen LogP contribution is -2.18. The van der Waals surface area contributed by atoms with Crippen LogP contribution in [0.1, 0.15) is 0 Å². The molecule has 3 aromatic rings. The number of hydrogen-bond acceptors (Lipinski definition) is 4. The van der Waals surface area contributed by atoms with Crippen molar-refractivity contribution in [3.8, 4) is 11.3 Å². The molecule has 2 aromatic carbocycles. The fourth-order valence-corrected chi connectivity index (χ4v) is 4.20. The molecule has 0 unspecified atom stereocenters. The summed E-state index contributed by atoms with van der Waals surface area (Å²) >= 11 is 7.78. The Morgan fingerprint density at radius 2 is 1.88 bits per heavy atom. The molecule has 0 aliphatic carbocycles. The second-order valence-electron chi connectivity index (χ2n) is 5.26. The molecule has 0 radical (unpaired) electrons. The Bertz CT molecular complexity index is 1070. The third-order valence-corrected chi connectivity index (χ3v) is 6.36. The van der Waals surface area contributed by atoms with Crippen LogP contribution in [-0.2, 0) is 17.1 Å². The highest BCUT2D eigenvalue weighted by molar-refractivity contribution is 7.89. The molecule has 0 spiro atoms. The lowest BCUT2D eigenvalue weighted by atomic mass is 10.2. The molecule has 1 heterocycles. The fraction of sp³-hybridized carbons (Fsp3) is 0.118. The second kappa shape index (κ2) is 7.13. The summed E-state index contributed by atoms with van der Waals surface area (Å²) in [6.45, 7) is 0. The van der Waals surface area contributed by atoms with Crippen LogP contribution in [0.4, 0.5) is 5.69 Å². The van der Waals surface area contributed by atoms with E-state index in [9.17, 15) is 8.42 Å². The van der Waals surface area contributed by atoms with Crippen LogP contribution < -0.4 is 9.52 Å². The average Bonchev–Trinajstić information content (AvgIpc) is 2.97. The average molecular weight is 394 g/mol. The standard InChI is InChI=1S/C17H16ClN3O2S2/c1-19-25(22,23)13-8-9-15(18)14(10-13)16-11-24-17(21(16)2)20-12-6-4-3-5-7-12/h3-11,19H,1-2H3. The molecular weight excluding hydrogens is 378 g/mol. The van der Waals surface area contributed by atoms with E-state index in [2.05, 4.69) is 9.71 Å². The first-order chi connectivity index (χ1) is 11.9. The van der Waals surface area contributed by atoms with E-state index in [0.29, 0.717) is 10.6 Å². The molecular formula is C17H16ClN3O2S2. The maximum Gasteiger partial charge on any atom is 0.240 e. The molecule has 8 heteroatoms. The summed E-state index contributed by atoms with van der Waals surface area (Å²) in [4.78, 5) is 5.57. The van der Waals surface area contributed by atoms with Crippen molar-refractivity contribution < 1.29 is 8.42 Å². The van der Waals surface area contributed by atoms with Crippen LogP contribution in [0.25, 0.3) is 11.3 Å². The van der Waals surface area contributed by atoms with E-state index < -0.39 is 10.0 Å². The van der Waals surface area contributed by atoms with E-state index in [1.54, 1.807) is 12.1 Å². The molecule has 0 aliphatic rings. The van der Waals surface area contributed by atoms with E-state index in [4.69, 9.17) is 11.6 Å². The van der Waals surface area contributed by atoms with E-state index in [1.807, 2.05) is 47.3 Å². The number of rotatable bonds is 4. The van der Waals surface area contributed by atoms with Gasteiger partial charge in [0.15, 0.2) is 4.80 Å². The number of nitrogens with zero attached hydrogens (tertiary/aromatic N) is 2. The molecule has 0 atom stereocenters. The van der Waals surface area contributed by atoms with E-state index in [-0.39, 0.29) is 4.90 Å². The van der Waals surface area contributed by atoms with Gasteiger partial charge >= 0.3 is 0 Å².